The molecule has 2 aromatic rings. The number of thiazole rings is 1. The van der Waals surface area contributed by atoms with E-state index in [1.165, 1.54) is 11.3 Å². The second kappa shape index (κ2) is 3.62. The molecule has 0 fully saturated rings. The Balaban J connectivity index is 2.80. The number of carboxylic acids is 1. The number of nitrogens with zero attached hydrogens (tertiary/aromatic N) is 1. The van der Waals surface area contributed by atoms with E-state index in [1.54, 1.807) is 4.57 Å². The van der Waals surface area contributed by atoms with E-state index in [4.69, 9.17) is 0 Å². The molecule has 0 saturated heterocycles. The lowest BCUT2D eigenvalue weighted by Crippen LogP contribution is -2.44. The van der Waals surface area contributed by atoms with Crippen molar-refractivity contribution in [2.45, 2.75) is 19.9 Å². The molecule has 1 aromatic heterocycles. The minimum absolute atomic E-state index is 0.119. The van der Waals surface area contributed by atoms with Crippen molar-refractivity contribution in [1.29, 1.82) is 0 Å². The van der Waals surface area contributed by atoms with Crippen LogP contribution in [-0.2, 0) is 0 Å². The van der Waals surface area contributed by atoms with Gasteiger partial charge in [-0.3, -0.25) is 0 Å². The summed E-state index contributed by atoms with van der Waals surface area (Å²) in [5.74, 6) is -1.11. The number of para-hydroxylation sites is 1. The van der Waals surface area contributed by atoms with Crippen molar-refractivity contribution >= 4 is 27.5 Å². The highest BCUT2D eigenvalue weighted by atomic mass is 32.1. The highest BCUT2D eigenvalue weighted by molar-refractivity contribution is 7.19. The van der Waals surface area contributed by atoms with Crippen LogP contribution >= 0.6 is 11.3 Å². The molecule has 0 aliphatic carbocycles. The maximum atomic E-state index is 11.0. The first-order valence-corrected chi connectivity index (χ1v) is 5.57. The molecular formula is C11H11NO2S. The molecule has 0 atom stereocenters. The van der Waals surface area contributed by atoms with Crippen molar-refractivity contribution in [3.63, 3.8) is 0 Å². The molecule has 78 valence electrons. The monoisotopic (exact) mass is 221 g/mol. The summed E-state index contributed by atoms with van der Waals surface area (Å²) in [6, 6.07) is 7.79. The molecule has 3 nitrogen and oxygen atoms in total. The Kier molecular flexibility index (Phi) is 2.44. The number of carboxylic acid groups (broad SMARTS) is 1. The second-order valence-corrected chi connectivity index (χ2v) is 4.66. The first-order valence-electron chi connectivity index (χ1n) is 4.75. The maximum absolute atomic E-state index is 11.0. The Morgan fingerprint density at radius 1 is 1.40 bits per heavy atom. The van der Waals surface area contributed by atoms with Crippen LogP contribution in [0.4, 0.5) is 0 Å². The number of rotatable bonds is 2. The molecule has 0 unspecified atom stereocenters. The van der Waals surface area contributed by atoms with Gasteiger partial charge in [0.25, 0.3) is 5.01 Å². The van der Waals surface area contributed by atoms with Crippen molar-refractivity contribution in [3.05, 3.63) is 29.3 Å². The fourth-order valence-corrected chi connectivity index (χ4v) is 2.77. The fourth-order valence-electron chi connectivity index (χ4n) is 1.66. The lowest BCUT2D eigenvalue weighted by Gasteiger charge is -2.02. The zero-order valence-corrected chi connectivity index (χ0v) is 9.38. The Labute approximate surface area is 91.6 Å². The zero-order valence-electron chi connectivity index (χ0n) is 8.56. The second-order valence-electron chi connectivity index (χ2n) is 3.63. The van der Waals surface area contributed by atoms with E-state index < -0.39 is 5.97 Å². The van der Waals surface area contributed by atoms with Crippen LogP contribution in [0.5, 0.6) is 0 Å². The van der Waals surface area contributed by atoms with Crippen molar-refractivity contribution in [3.8, 4) is 0 Å². The third-order valence-corrected chi connectivity index (χ3v) is 3.36. The molecule has 4 heteroatoms. The predicted molar refractivity (Wildman–Crippen MR) is 56.7 cm³/mol. The van der Waals surface area contributed by atoms with Crippen LogP contribution in [0.3, 0.4) is 0 Å². The van der Waals surface area contributed by atoms with E-state index in [1.807, 2.05) is 38.1 Å². The third kappa shape index (κ3) is 1.61. The number of aromatic nitrogens is 1. The smallest absolute Gasteiger partial charge is 0.286 e. The first-order chi connectivity index (χ1) is 7.11. The van der Waals surface area contributed by atoms with Crippen LogP contribution < -0.4 is 9.67 Å². The molecule has 15 heavy (non-hydrogen) atoms. The van der Waals surface area contributed by atoms with Crippen molar-refractivity contribution in [2.75, 3.05) is 0 Å². The lowest BCUT2D eigenvalue weighted by atomic mass is 10.3. The third-order valence-electron chi connectivity index (χ3n) is 2.24. The molecule has 0 N–H and O–H groups in total. The maximum Gasteiger partial charge on any atom is 0.286 e. The number of fused-ring (bicyclic) bond motifs is 1. The van der Waals surface area contributed by atoms with E-state index in [-0.39, 0.29) is 11.0 Å². The SMILES string of the molecule is CC(C)[n+]1c(C(=O)[O-])sc2ccccc21. The van der Waals surface area contributed by atoms with Gasteiger partial charge in [-0.25, -0.2) is 0 Å². The first kappa shape index (κ1) is 10.1. The van der Waals surface area contributed by atoms with Crippen molar-refractivity contribution < 1.29 is 14.5 Å². The molecule has 1 aromatic carbocycles. The van der Waals surface area contributed by atoms with Gasteiger partial charge in [0, 0.05) is 6.07 Å². The van der Waals surface area contributed by atoms with E-state index >= 15 is 0 Å². The molecule has 0 radical (unpaired) electrons. The number of aromatic carboxylic acids is 1. The summed E-state index contributed by atoms with van der Waals surface area (Å²) in [7, 11) is 0. The van der Waals surface area contributed by atoms with E-state index in [2.05, 4.69) is 0 Å². The summed E-state index contributed by atoms with van der Waals surface area (Å²) in [5.41, 5.74) is 0.955. The number of hydrogen-bond donors (Lipinski definition) is 0. The van der Waals surface area contributed by atoms with Gasteiger partial charge in [0.1, 0.15) is 4.70 Å². The van der Waals surface area contributed by atoms with Crippen LogP contribution in [0.25, 0.3) is 10.2 Å². The Morgan fingerprint density at radius 2 is 2.07 bits per heavy atom. The number of carbonyl (C=O) groups is 1. The number of carbonyl (C=O) groups excluding carboxylic acids is 1. The highest BCUT2D eigenvalue weighted by Gasteiger charge is 2.23. The quantitative estimate of drug-likeness (QED) is 0.714. The van der Waals surface area contributed by atoms with Crippen LogP contribution in [0, 0.1) is 0 Å². The molecule has 0 amide bonds. The normalized spacial score (nSPS) is 11.1. The zero-order chi connectivity index (χ0) is 11.0. The van der Waals surface area contributed by atoms with Crippen LogP contribution in [0.1, 0.15) is 29.7 Å². The van der Waals surface area contributed by atoms with Crippen molar-refractivity contribution in [1.82, 2.24) is 0 Å². The van der Waals surface area contributed by atoms with Gasteiger partial charge in [-0.15, -0.1) is 0 Å². The van der Waals surface area contributed by atoms with Crippen molar-refractivity contribution in [2.24, 2.45) is 0 Å². The predicted octanol–water partition coefficient (Wildman–Crippen LogP) is 1.13. The van der Waals surface area contributed by atoms with Gasteiger partial charge in [0.05, 0.1) is 0 Å². The van der Waals surface area contributed by atoms with Gasteiger partial charge in [0.2, 0.25) is 5.52 Å². The standard InChI is InChI=1S/C11H11NO2S/c1-7(2)12-8-5-3-4-6-9(8)15-10(12)11(13)14/h3-7H,1-2H3. The van der Waals surface area contributed by atoms with E-state index in [9.17, 15) is 9.90 Å². The minimum atomic E-state index is -1.11. The summed E-state index contributed by atoms with van der Waals surface area (Å²) in [4.78, 5) is 11.0. The van der Waals surface area contributed by atoms with Gasteiger partial charge < -0.3 is 9.90 Å². The molecule has 0 aliphatic heterocycles. The van der Waals surface area contributed by atoms with Gasteiger partial charge in [-0.05, 0) is 19.9 Å². The highest BCUT2D eigenvalue weighted by Crippen LogP contribution is 2.21. The van der Waals surface area contributed by atoms with Crippen LogP contribution in [-0.4, -0.2) is 5.97 Å². The van der Waals surface area contributed by atoms with Crippen LogP contribution in [0.15, 0.2) is 24.3 Å². The number of hydrogen-bond acceptors (Lipinski definition) is 3. The van der Waals surface area contributed by atoms with Gasteiger partial charge in [-0.1, -0.05) is 23.5 Å². The lowest BCUT2D eigenvalue weighted by molar-refractivity contribution is -0.691. The molecule has 0 bridgehead atoms. The molecule has 2 rings (SSSR count). The Morgan fingerprint density at radius 3 is 2.67 bits per heavy atom. The van der Waals surface area contributed by atoms with Gasteiger partial charge >= 0.3 is 0 Å². The van der Waals surface area contributed by atoms with E-state index in [0.29, 0.717) is 0 Å². The van der Waals surface area contributed by atoms with Gasteiger partial charge in [-0.2, -0.15) is 4.57 Å². The average molecular weight is 221 g/mol. The molecule has 0 saturated carbocycles. The summed E-state index contributed by atoms with van der Waals surface area (Å²) >= 11 is 1.26. The topological polar surface area (TPSA) is 44.0 Å². The molecular weight excluding hydrogens is 210 g/mol. The summed E-state index contributed by atoms with van der Waals surface area (Å²) < 4.78 is 2.78. The molecule has 0 aliphatic rings. The Bertz CT molecular complexity index is 516. The number of benzene rings is 1. The van der Waals surface area contributed by atoms with Crippen LogP contribution in [0.2, 0.25) is 0 Å². The minimum Gasteiger partial charge on any atom is -0.539 e. The summed E-state index contributed by atoms with van der Waals surface area (Å²) in [5, 5.41) is 11.3. The summed E-state index contributed by atoms with van der Waals surface area (Å²) in [6.07, 6.45) is 0. The Hall–Kier alpha value is -1.42. The fraction of sp³-hybridized carbons (Fsp3) is 0.273. The average Bonchev–Trinajstić information content (AvgIpc) is 2.56. The van der Waals surface area contributed by atoms with Gasteiger partial charge in [0.15, 0.2) is 12.0 Å². The summed E-state index contributed by atoms with van der Waals surface area (Å²) in [6.45, 7) is 3.93. The molecule has 1 heterocycles. The molecule has 0 spiro atoms. The largest absolute Gasteiger partial charge is 0.539 e. The van der Waals surface area contributed by atoms with E-state index in [0.717, 1.165) is 10.2 Å².